The van der Waals surface area contributed by atoms with Crippen LogP contribution in [0.3, 0.4) is 0 Å². The molecule has 4 heteroatoms. The smallest absolute Gasteiger partial charge is 0.216 e. The Labute approximate surface area is 76.2 Å². The number of hydrogen-bond acceptors (Lipinski definition) is 1. The van der Waals surface area contributed by atoms with Gasteiger partial charge in [0.05, 0.1) is 0 Å². The van der Waals surface area contributed by atoms with Gasteiger partial charge in [0.15, 0.2) is 0 Å². The maximum Gasteiger partial charge on any atom is 0.216 e. The van der Waals surface area contributed by atoms with Gasteiger partial charge in [-0.1, -0.05) is 6.08 Å². The second-order valence-corrected chi connectivity index (χ2v) is 3.40. The van der Waals surface area contributed by atoms with E-state index in [0.29, 0.717) is 6.04 Å². The third-order valence-electron chi connectivity index (χ3n) is 2.03. The zero-order valence-corrected chi connectivity index (χ0v) is 7.38. The summed E-state index contributed by atoms with van der Waals surface area (Å²) in [7, 11) is 0. The first kappa shape index (κ1) is 7.80. The van der Waals surface area contributed by atoms with Crippen molar-refractivity contribution >= 4 is 22.7 Å². The van der Waals surface area contributed by atoms with E-state index in [2.05, 4.69) is 16.0 Å². The maximum atomic E-state index is 7.03. The molecular weight excluding hydrogens is 174 g/mol. The fourth-order valence-corrected chi connectivity index (χ4v) is 1.46. The number of nitrogens with zero attached hydrogens (tertiary/aromatic N) is 2. The molecule has 0 bridgehead atoms. The summed E-state index contributed by atoms with van der Waals surface area (Å²) in [6.07, 6.45) is 7.37. The lowest BCUT2D eigenvalue weighted by atomic mass is 10.4. The first-order valence-corrected chi connectivity index (χ1v) is 4.42. The van der Waals surface area contributed by atoms with Crippen molar-refractivity contribution in [3.63, 3.8) is 0 Å². The number of nitrogens with one attached hydrogen (secondary N) is 1. The molecular formula is C8H10ClN3. The summed E-state index contributed by atoms with van der Waals surface area (Å²) in [4.78, 5) is 6.07. The van der Waals surface area contributed by atoms with Crippen molar-refractivity contribution < 1.29 is 0 Å². The van der Waals surface area contributed by atoms with Gasteiger partial charge in [-0.05, 0) is 24.4 Å². The molecule has 1 fully saturated rings. The van der Waals surface area contributed by atoms with Gasteiger partial charge in [-0.25, -0.2) is 4.99 Å². The van der Waals surface area contributed by atoms with Gasteiger partial charge >= 0.3 is 0 Å². The predicted octanol–water partition coefficient (Wildman–Crippen LogP) is 1.94. The molecule has 1 aliphatic carbocycles. The Kier molecular flexibility index (Phi) is 1.89. The molecule has 64 valence electrons. The van der Waals surface area contributed by atoms with Gasteiger partial charge in [0.2, 0.25) is 5.29 Å². The number of rotatable bonds is 1. The van der Waals surface area contributed by atoms with Crippen LogP contribution < -0.4 is 0 Å². The molecule has 2 rings (SSSR count). The van der Waals surface area contributed by atoms with Crippen LogP contribution in [-0.2, 0) is 0 Å². The Morgan fingerprint density at radius 1 is 1.67 bits per heavy atom. The molecule has 0 atom stereocenters. The number of aliphatic imine (C=N–C) groups is 1. The van der Waals surface area contributed by atoms with Crippen molar-refractivity contribution in [2.45, 2.75) is 25.3 Å². The molecule has 0 aromatic carbocycles. The van der Waals surface area contributed by atoms with Gasteiger partial charge < -0.3 is 4.90 Å². The molecule has 0 spiro atoms. The average Bonchev–Trinajstić information content (AvgIpc) is 2.73. The van der Waals surface area contributed by atoms with E-state index in [-0.39, 0.29) is 5.29 Å². The molecule has 0 amide bonds. The van der Waals surface area contributed by atoms with E-state index < -0.39 is 0 Å². The lowest BCUT2D eigenvalue weighted by Gasteiger charge is -2.15. The second kappa shape index (κ2) is 2.90. The average molecular weight is 184 g/mol. The zero-order chi connectivity index (χ0) is 8.55. The second-order valence-electron chi connectivity index (χ2n) is 3.05. The molecule has 0 aromatic rings. The Morgan fingerprint density at radius 3 is 3.00 bits per heavy atom. The van der Waals surface area contributed by atoms with E-state index in [1.807, 2.05) is 6.20 Å². The van der Waals surface area contributed by atoms with Gasteiger partial charge in [-0.15, -0.1) is 0 Å². The van der Waals surface area contributed by atoms with Crippen LogP contribution in [0.25, 0.3) is 0 Å². The largest absolute Gasteiger partial charge is 0.333 e. The molecule has 1 heterocycles. The van der Waals surface area contributed by atoms with Crippen LogP contribution in [-0.4, -0.2) is 22.1 Å². The number of amidine groups is 2. The van der Waals surface area contributed by atoms with E-state index >= 15 is 0 Å². The van der Waals surface area contributed by atoms with E-state index in [0.717, 1.165) is 12.3 Å². The van der Waals surface area contributed by atoms with Gasteiger partial charge in [0.25, 0.3) is 0 Å². The minimum atomic E-state index is -0.126. The van der Waals surface area contributed by atoms with Crippen LogP contribution in [0.1, 0.15) is 19.3 Å². The molecule has 1 N–H and O–H groups in total. The van der Waals surface area contributed by atoms with Gasteiger partial charge in [0.1, 0.15) is 5.84 Å². The molecule has 1 saturated carbocycles. The van der Waals surface area contributed by atoms with Crippen molar-refractivity contribution in [3.8, 4) is 0 Å². The summed E-state index contributed by atoms with van der Waals surface area (Å²) in [6, 6.07) is 0.624. The normalized spacial score (nSPS) is 25.4. The Morgan fingerprint density at radius 2 is 2.42 bits per heavy atom. The topological polar surface area (TPSA) is 39.5 Å². The summed E-state index contributed by atoms with van der Waals surface area (Å²) in [5, 5.41) is 6.91. The minimum Gasteiger partial charge on any atom is -0.333 e. The summed E-state index contributed by atoms with van der Waals surface area (Å²) in [5.74, 6) is 0.914. The third-order valence-corrected chi connectivity index (χ3v) is 2.12. The van der Waals surface area contributed by atoms with Crippen molar-refractivity contribution in [1.29, 1.82) is 5.41 Å². The number of halogens is 1. The first-order chi connectivity index (χ1) is 5.77. The van der Waals surface area contributed by atoms with Crippen LogP contribution in [0.5, 0.6) is 0 Å². The Hall–Kier alpha value is -0.830. The SMILES string of the molecule is N=C(Cl)/N=C1\CC=CN1C1CC1. The van der Waals surface area contributed by atoms with Crippen molar-refractivity contribution in [1.82, 2.24) is 4.90 Å². The lowest BCUT2D eigenvalue weighted by molar-refractivity contribution is 0.555. The molecule has 1 aliphatic heterocycles. The van der Waals surface area contributed by atoms with Crippen LogP contribution >= 0.6 is 11.6 Å². The third kappa shape index (κ3) is 1.50. The van der Waals surface area contributed by atoms with Gasteiger partial charge in [0, 0.05) is 18.7 Å². The first-order valence-electron chi connectivity index (χ1n) is 4.04. The fourth-order valence-electron chi connectivity index (χ4n) is 1.36. The quantitative estimate of drug-likeness (QED) is 0.377. The summed E-state index contributed by atoms with van der Waals surface area (Å²) in [5.41, 5.74) is 0. The highest BCUT2D eigenvalue weighted by Crippen LogP contribution is 2.30. The van der Waals surface area contributed by atoms with Crippen molar-refractivity contribution in [3.05, 3.63) is 12.3 Å². The highest BCUT2D eigenvalue weighted by molar-refractivity contribution is 6.64. The number of hydrogen-bond donors (Lipinski definition) is 1. The molecule has 0 unspecified atom stereocenters. The Bertz CT molecular complexity index is 265. The minimum absolute atomic E-state index is 0.126. The molecule has 0 aromatic heterocycles. The molecule has 12 heavy (non-hydrogen) atoms. The van der Waals surface area contributed by atoms with Crippen molar-refractivity contribution in [2.75, 3.05) is 0 Å². The highest BCUT2D eigenvalue weighted by atomic mass is 35.5. The van der Waals surface area contributed by atoms with E-state index in [1.54, 1.807) is 0 Å². The molecule has 3 nitrogen and oxygen atoms in total. The summed E-state index contributed by atoms with van der Waals surface area (Å²) < 4.78 is 0. The van der Waals surface area contributed by atoms with E-state index in [9.17, 15) is 0 Å². The monoisotopic (exact) mass is 183 g/mol. The lowest BCUT2D eigenvalue weighted by Crippen LogP contribution is -2.24. The molecule has 0 saturated heterocycles. The van der Waals surface area contributed by atoms with Crippen molar-refractivity contribution in [2.24, 2.45) is 4.99 Å². The summed E-state index contributed by atoms with van der Waals surface area (Å²) >= 11 is 5.39. The summed E-state index contributed by atoms with van der Waals surface area (Å²) in [6.45, 7) is 0. The van der Waals surface area contributed by atoms with Gasteiger partial charge in [-0.2, -0.15) is 0 Å². The van der Waals surface area contributed by atoms with Crippen LogP contribution in [0.4, 0.5) is 0 Å². The van der Waals surface area contributed by atoms with E-state index in [4.69, 9.17) is 17.0 Å². The van der Waals surface area contributed by atoms with Crippen LogP contribution in [0.15, 0.2) is 17.3 Å². The van der Waals surface area contributed by atoms with E-state index in [1.165, 1.54) is 12.8 Å². The van der Waals surface area contributed by atoms with Crippen LogP contribution in [0.2, 0.25) is 0 Å². The van der Waals surface area contributed by atoms with Crippen LogP contribution in [0, 0.1) is 5.41 Å². The van der Waals surface area contributed by atoms with Gasteiger partial charge in [-0.3, -0.25) is 5.41 Å². The molecule has 2 aliphatic rings. The standard InChI is InChI=1S/C8H10ClN3/c9-8(10)11-7-2-1-5-12(7)6-3-4-6/h1,5-6,10H,2-4H2/b10-8?,11-7+. The molecule has 0 radical (unpaired) electrons. The zero-order valence-electron chi connectivity index (χ0n) is 6.63. The maximum absolute atomic E-state index is 7.03. The predicted molar refractivity (Wildman–Crippen MR) is 49.6 cm³/mol. The fraction of sp³-hybridized carbons (Fsp3) is 0.500. The Balaban J connectivity index is 2.11. The highest BCUT2D eigenvalue weighted by Gasteiger charge is 2.31.